The summed E-state index contributed by atoms with van der Waals surface area (Å²) in [6.07, 6.45) is -20.9. The highest BCUT2D eigenvalue weighted by Crippen LogP contribution is 2.30. The Morgan fingerprint density at radius 2 is 1.18 bits per heavy atom. The van der Waals surface area contributed by atoms with E-state index in [1.807, 2.05) is 0 Å². The van der Waals surface area contributed by atoms with Crippen LogP contribution in [0.25, 0.3) is 0 Å². The Labute approximate surface area is 228 Å². The molecule has 11 N–H and O–H groups in total. The first-order chi connectivity index (χ1) is 18.8. The van der Waals surface area contributed by atoms with Crippen LogP contribution in [-0.4, -0.2) is 170 Å². The fraction of sp³-hybridized carbons (Fsp3) is 0.909. The molecule has 3 saturated heterocycles. The maximum Gasteiger partial charge on any atom is 0.217 e. The van der Waals surface area contributed by atoms with E-state index in [-0.39, 0.29) is 0 Å². The highest BCUT2D eigenvalue weighted by molar-refractivity contribution is 5.73. The fourth-order valence-electron chi connectivity index (χ4n) is 4.76. The molecule has 3 fully saturated rings. The van der Waals surface area contributed by atoms with Crippen molar-refractivity contribution < 1.29 is 79.2 Å². The van der Waals surface area contributed by atoms with Gasteiger partial charge in [-0.15, -0.1) is 0 Å². The molecule has 0 aliphatic carbocycles. The fourth-order valence-corrected chi connectivity index (χ4v) is 4.76. The van der Waals surface area contributed by atoms with Gasteiger partial charge in [-0.25, -0.2) is 0 Å². The Bertz CT molecular complexity index is 854. The van der Waals surface area contributed by atoms with E-state index >= 15 is 0 Å². The lowest BCUT2D eigenvalue weighted by atomic mass is 9.94. The molecule has 3 heterocycles. The molecule has 0 bridgehead atoms. The number of amides is 2. The molecule has 0 aromatic carbocycles. The molecule has 0 radical (unpaired) electrons. The Morgan fingerprint density at radius 1 is 0.650 bits per heavy atom. The number of hydrogen-bond acceptors (Lipinski definition) is 16. The molecule has 18 heteroatoms. The molecular weight excluding hydrogens is 548 g/mol. The van der Waals surface area contributed by atoms with Gasteiger partial charge in [0.15, 0.2) is 18.9 Å². The van der Waals surface area contributed by atoms with Crippen LogP contribution in [0.3, 0.4) is 0 Å². The summed E-state index contributed by atoms with van der Waals surface area (Å²) in [5.41, 5.74) is 0. The first-order valence-electron chi connectivity index (χ1n) is 12.6. The largest absolute Gasteiger partial charge is 0.394 e. The van der Waals surface area contributed by atoms with Crippen LogP contribution in [-0.2, 0) is 33.3 Å². The second-order valence-corrected chi connectivity index (χ2v) is 9.85. The zero-order valence-corrected chi connectivity index (χ0v) is 21.7. The van der Waals surface area contributed by atoms with Crippen molar-refractivity contribution in [1.29, 1.82) is 0 Å². The van der Waals surface area contributed by atoms with Crippen LogP contribution in [0.1, 0.15) is 13.8 Å². The van der Waals surface area contributed by atoms with Crippen LogP contribution in [0.5, 0.6) is 0 Å². The minimum absolute atomic E-state index is 0.588. The summed E-state index contributed by atoms with van der Waals surface area (Å²) >= 11 is 0. The number of rotatable bonds is 9. The Morgan fingerprint density at radius 3 is 1.75 bits per heavy atom. The van der Waals surface area contributed by atoms with Crippen LogP contribution in [0.4, 0.5) is 0 Å². The number of nitrogens with one attached hydrogen (secondary N) is 2. The lowest BCUT2D eigenvalue weighted by Crippen LogP contribution is -2.70. The minimum atomic E-state index is -1.86. The summed E-state index contributed by atoms with van der Waals surface area (Å²) in [6, 6.07) is -2.79. The van der Waals surface area contributed by atoms with E-state index in [1.165, 1.54) is 0 Å². The van der Waals surface area contributed by atoms with E-state index in [9.17, 15) is 55.5 Å². The van der Waals surface area contributed by atoms with Crippen molar-refractivity contribution in [1.82, 2.24) is 10.6 Å². The third-order valence-corrected chi connectivity index (χ3v) is 6.88. The Kier molecular flexibility index (Phi) is 11.5. The smallest absolute Gasteiger partial charge is 0.217 e. The van der Waals surface area contributed by atoms with E-state index in [2.05, 4.69) is 10.6 Å². The summed E-state index contributed by atoms with van der Waals surface area (Å²) in [4.78, 5) is 23.9. The monoisotopic (exact) mass is 586 g/mol. The average Bonchev–Trinajstić information content (AvgIpc) is 2.90. The molecule has 0 saturated carbocycles. The van der Waals surface area contributed by atoms with E-state index in [0.29, 0.717) is 0 Å². The second kappa shape index (κ2) is 14.0. The van der Waals surface area contributed by atoms with Gasteiger partial charge in [-0.3, -0.25) is 9.59 Å². The number of aliphatic hydroxyl groups excluding tert-OH is 9. The zero-order valence-electron chi connectivity index (χ0n) is 21.7. The van der Waals surface area contributed by atoms with Gasteiger partial charge in [0.25, 0.3) is 0 Å². The van der Waals surface area contributed by atoms with Gasteiger partial charge in [0, 0.05) is 13.8 Å². The van der Waals surface area contributed by atoms with Gasteiger partial charge in [-0.2, -0.15) is 0 Å². The topological polar surface area (TPSA) is 286 Å². The average molecular weight is 587 g/mol. The van der Waals surface area contributed by atoms with E-state index in [4.69, 9.17) is 23.7 Å². The van der Waals surface area contributed by atoms with Crippen LogP contribution in [0.2, 0.25) is 0 Å². The summed E-state index contributed by atoms with van der Waals surface area (Å²) in [6.45, 7) is 0.131. The molecule has 18 nitrogen and oxygen atoms in total. The molecule has 0 aromatic heterocycles. The number of hydrogen-bond donors (Lipinski definition) is 11. The molecular formula is C22H38N2O16. The van der Waals surface area contributed by atoms with Gasteiger partial charge in [0.2, 0.25) is 11.8 Å². The predicted molar refractivity (Wildman–Crippen MR) is 124 cm³/mol. The molecule has 2 amide bonds. The molecule has 0 aromatic rings. The van der Waals surface area contributed by atoms with Crippen molar-refractivity contribution in [2.45, 2.75) is 106 Å². The number of ether oxygens (including phenoxy) is 5. The standard InChI is InChI=1S/C22H38N2O16/c1-6(27)23-11-16(32)13(29)8(3-25)39-22(11)40-19-12(24-7(2)28)21(38-9(4-26)15(19)31)36-5-10-14(30)17(33)18(34)20(35)37-10/h8-22,25-26,29-35H,3-5H2,1-2H3,(H,23,27)(H,24,28)/t8-,9-,10-,11-,12-,13-,14+,15-,16-,17+,18-,19-,20-,21-,22+/m1/s1. The van der Waals surface area contributed by atoms with Gasteiger partial charge in [-0.05, 0) is 0 Å². The molecule has 3 aliphatic heterocycles. The lowest BCUT2D eigenvalue weighted by Gasteiger charge is -2.48. The van der Waals surface area contributed by atoms with Crippen molar-refractivity contribution in [3.8, 4) is 0 Å². The third kappa shape index (κ3) is 7.23. The molecule has 0 spiro atoms. The lowest BCUT2D eigenvalue weighted by molar-refractivity contribution is -0.336. The maximum absolute atomic E-state index is 12.1. The van der Waals surface area contributed by atoms with Crippen molar-refractivity contribution in [2.75, 3.05) is 19.8 Å². The number of carbonyl (C=O) groups is 2. The van der Waals surface area contributed by atoms with Crippen molar-refractivity contribution in [2.24, 2.45) is 0 Å². The molecule has 15 atom stereocenters. The highest BCUT2D eigenvalue weighted by Gasteiger charge is 2.52. The highest BCUT2D eigenvalue weighted by atomic mass is 16.7. The SMILES string of the molecule is CC(=O)N[C@H]1[C@H](O[C@H]2[C@H](O)[C@@H](CO)O[C@@H](OC[C@H]3O[C@@H](O)[C@H](O)[C@@H](O)[C@H]3O)[C@@H]2NC(C)=O)O[C@H](CO)[C@@H](O)[C@@H]1O. The zero-order chi connectivity index (χ0) is 29.9. The molecule has 0 unspecified atom stereocenters. The van der Waals surface area contributed by atoms with Crippen LogP contribution < -0.4 is 10.6 Å². The predicted octanol–water partition coefficient (Wildman–Crippen LogP) is -7.29. The van der Waals surface area contributed by atoms with Gasteiger partial charge in [-0.1, -0.05) is 0 Å². The third-order valence-electron chi connectivity index (χ3n) is 6.88. The molecule has 3 aliphatic rings. The normalized spacial score (nSPS) is 46.0. The second-order valence-electron chi connectivity index (χ2n) is 9.85. The van der Waals surface area contributed by atoms with Gasteiger partial charge in [0.1, 0.15) is 73.1 Å². The quantitative estimate of drug-likeness (QED) is 0.120. The van der Waals surface area contributed by atoms with E-state index < -0.39 is 124 Å². The van der Waals surface area contributed by atoms with Crippen molar-refractivity contribution in [3.63, 3.8) is 0 Å². The van der Waals surface area contributed by atoms with Gasteiger partial charge in [0.05, 0.1) is 19.8 Å². The van der Waals surface area contributed by atoms with E-state index in [1.54, 1.807) is 0 Å². The first kappa shape index (κ1) is 32.9. The number of aliphatic hydroxyl groups is 9. The molecule has 40 heavy (non-hydrogen) atoms. The maximum atomic E-state index is 12.1. The van der Waals surface area contributed by atoms with Gasteiger partial charge >= 0.3 is 0 Å². The summed E-state index contributed by atoms with van der Waals surface area (Å²) in [5.74, 6) is -1.29. The van der Waals surface area contributed by atoms with Crippen LogP contribution in [0.15, 0.2) is 0 Å². The van der Waals surface area contributed by atoms with Gasteiger partial charge < -0.3 is 80.3 Å². The molecule has 232 valence electrons. The van der Waals surface area contributed by atoms with Crippen LogP contribution >= 0.6 is 0 Å². The summed E-state index contributed by atoms with van der Waals surface area (Å²) < 4.78 is 27.7. The summed E-state index contributed by atoms with van der Waals surface area (Å²) in [7, 11) is 0. The Hall–Kier alpha value is -1.62. The van der Waals surface area contributed by atoms with Crippen molar-refractivity contribution in [3.05, 3.63) is 0 Å². The molecule has 3 rings (SSSR count). The first-order valence-corrected chi connectivity index (χ1v) is 12.6. The van der Waals surface area contributed by atoms with Crippen molar-refractivity contribution >= 4 is 11.8 Å². The Balaban J connectivity index is 1.86. The minimum Gasteiger partial charge on any atom is -0.394 e. The van der Waals surface area contributed by atoms with Crippen LogP contribution in [0, 0.1) is 0 Å². The van der Waals surface area contributed by atoms with E-state index in [0.717, 1.165) is 13.8 Å². The summed E-state index contributed by atoms with van der Waals surface area (Å²) in [5, 5.41) is 95.6. The number of carbonyl (C=O) groups excluding carboxylic acids is 2.